The van der Waals surface area contributed by atoms with Gasteiger partial charge in [-0.05, 0) is 55.9 Å². The number of nitrogens with zero attached hydrogens (tertiary/aromatic N) is 3. The number of allylic oxidation sites excluding steroid dienone is 4. The van der Waals surface area contributed by atoms with Gasteiger partial charge in [0.15, 0.2) is 0 Å². The first kappa shape index (κ1) is 29.0. The number of hydrogen-bond donors (Lipinski definition) is 1. The molecule has 1 aliphatic carbocycles. The van der Waals surface area contributed by atoms with Gasteiger partial charge in [0, 0.05) is 31.2 Å². The summed E-state index contributed by atoms with van der Waals surface area (Å²) in [5.41, 5.74) is 6.03. The van der Waals surface area contributed by atoms with Crippen LogP contribution in [-0.2, 0) is 8.84 Å². The van der Waals surface area contributed by atoms with E-state index in [1.807, 2.05) is 43.3 Å². The van der Waals surface area contributed by atoms with Crippen LogP contribution in [0.4, 0.5) is 0 Å². The van der Waals surface area contributed by atoms with Crippen molar-refractivity contribution in [3.8, 4) is 11.5 Å². The number of halogens is 2. The number of benzene rings is 2. The third-order valence-corrected chi connectivity index (χ3v) is 9.57. The van der Waals surface area contributed by atoms with Crippen LogP contribution >= 0.6 is 43.6 Å². The van der Waals surface area contributed by atoms with Gasteiger partial charge in [0.2, 0.25) is 11.8 Å². The summed E-state index contributed by atoms with van der Waals surface area (Å²) in [5, 5.41) is 19.4. The maximum absolute atomic E-state index is 10.7. The van der Waals surface area contributed by atoms with Gasteiger partial charge in [-0.1, -0.05) is 105 Å². The third kappa shape index (κ3) is 6.77. The van der Waals surface area contributed by atoms with Gasteiger partial charge in [-0.15, -0.1) is 10.2 Å². The standard InChI is InChI=1S/C31H35I2N3O2/c1-20(34-33-26(37)21-10-16-25(17-11-21)30(5,6)32)31(7)18-8-9-23(19-31)28-36-35-27(38-28)22-12-14-24(15-13-22)29(2,3)4/h8-18,37H,19H2,1-7H3. The summed E-state index contributed by atoms with van der Waals surface area (Å²) >= 11 is 1.52. The predicted molar refractivity (Wildman–Crippen MR) is 175 cm³/mol. The van der Waals surface area contributed by atoms with E-state index in [9.17, 15) is 5.11 Å². The average Bonchev–Trinajstić information content (AvgIpc) is 3.37. The Labute approximate surface area is 249 Å². The number of rotatable bonds is 6. The van der Waals surface area contributed by atoms with Crippen LogP contribution in [0, 0.1) is 5.41 Å². The van der Waals surface area contributed by atoms with Crippen molar-refractivity contribution in [1.29, 1.82) is 0 Å². The number of aliphatic hydroxyl groups is 1. The third-order valence-electron chi connectivity index (χ3n) is 6.90. The first-order valence-electron chi connectivity index (χ1n) is 12.6. The molecule has 1 unspecified atom stereocenters. The van der Waals surface area contributed by atoms with Crippen molar-refractivity contribution in [2.45, 2.75) is 63.7 Å². The molecular weight excluding hydrogens is 700 g/mol. The van der Waals surface area contributed by atoms with Crippen LogP contribution in [0.5, 0.6) is 0 Å². The molecular formula is C31H35I2N3O2. The van der Waals surface area contributed by atoms with Crippen molar-refractivity contribution in [2.75, 3.05) is 0 Å². The van der Waals surface area contributed by atoms with Crippen molar-refractivity contribution in [3.63, 3.8) is 0 Å². The largest absolute Gasteiger partial charge is 0.416 e. The van der Waals surface area contributed by atoms with Gasteiger partial charge in [-0.25, -0.2) is 3.21 Å². The molecule has 0 amide bonds. The van der Waals surface area contributed by atoms with Crippen LogP contribution in [0.25, 0.3) is 17.0 Å². The highest BCUT2D eigenvalue weighted by Gasteiger charge is 2.30. The number of hydrogen-bond acceptors (Lipinski definition) is 5. The zero-order valence-corrected chi connectivity index (χ0v) is 27.3. The van der Waals surface area contributed by atoms with E-state index in [0.717, 1.165) is 22.4 Å². The summed E-state index contributed by atoms with van der Waals surface area (Å²) in [5.74, 6) is 1.05. The fraction of sp³-hybridized carbons (Fsp3) is 0.355. The molecule has 0 fully saturated rings. The molecule has 1 atom stereocenters. The lowest BCUT2D eigenvalue weighted by molar-refractivity contribution is 0.533. The van der Waals surface area contributed by atoms with Gasteiger partial charge < -0.3 is 9.52 Å². The fourth-order valence-electron chi connectivity index (χ4n) is 4.12. The van der Waals surface area contributed by atoms with E-state index in [1.165, 1.54) is 11.1 Å². The van der Waals surface area contributed by atoms with Crippen molar-refractivity contribution in [3.05, 3.63) is 89.3 Å². The summed E-state index contributed by atoms with van der Waals surface area (Å²) in [7, 11) is 0. The van der Waals surface area contributed by atoms with Crippen LogP contribution in [0.15, 0.2) is 74.4 Å². The lowest BCUT2D eigenvalue weighted by Gasteiger charge is -2.28. The molecule has 1 heterocycles. The molecule has 0 bridgehead atoms. The maximum atomic E-state index is 10.7. The van der Waals surface area contributed by atoms with E-state index in [0.29, 0.717) is 21.9 Å². The zero-order valence-electron chi connectivity index (χ0n) is 23.0. The normalized spacial score (nSPS) is 19.2. The van der Waals surface area contributed by atoms with E-state index >= 15 is 0 Å². The number of alkyl halides is 1. The summed E-state index contributed by atoms with van der Waals surface area (Å²) in [6.45, 7) is 15.1. The Hall–Kier alpha value is -1.98. The molecule has 1 aliphatic rings. The molecule has 200 valence electrons. The summed E-state index contributed by atoms with van der Waals surface area (Å²) < 4.78 is 11.4. The molecule has 0 radical (unpaired) electrons. The second-order valence-corrected chi connectivity index (χ2v) is 16.2. The Kier molecular flexibility index (Phi) is 8.59. The molecule has 0 saturated heterocycles. The quantitative estimate of drug-likeness (QED) is 0.156. The molecule has 7 heteroatoms. The summed E-state index contributed by atoms with van der Waals surface area (Å²) in [4.78, 5) is 0. The highest BCUT2D eigenvalue weighted by atomic mass is 127. The summed E-state index contributed by atoms with van der Waals surface area (Å²) in [6, 6.07) is 16.5. The van der Waals surface area contributed by atoms with Crippen LogP contribution in [0.3, 0.4) is 0 Å². The average molecular weight is 735 g/mol. The lowest BCUT2D eigenvalue weighted by Crippen LogP contribution is -2.24. The van der Waals surface area contributed by atoms with E-state index in [2.05, 4.69) is 105 Å². The summed E-state index contributed by atoms with van der Waals surface area (Å²) in [6.07, 6.45) is 6.93. The van der Waals surface area contributed by atoms with Crippen molar-refractivity contribution in [1.82, 2.24) is 10.2 Å². The van der Waals surface area contributed by atoms with Gasteiger partial charge in [0.05, 0.1) is 21.0 Å². The van der Waals surface area contributed by atoms with E-state index in [4.69, 9.17) is 7.62 Å². The fourth-order valence-corrected chi connectivity index (χ4v) is 6.26. The highest BCUT2D eigenvalue weighted by Crippen LogP contribution is 2.38. The predicted octanol–water partition coefficient (Wildman–Crippen LogP) is 8.95. The minimum absolute atomic E-state index is 0.0544. The van der Waals surface area contributed by atoms with Crippen molar-refractivity contribution < 1.29 is 9.52 Å². The first-order valence-corrected chi connectivity index (χ1v) is 15.8. The van der Waals surface area contributed by atoms with Crippen LogP contribution in [-0.4, -0.2) is 24.7 Å². The maximum Gasteiger partial charge on any atom is 0.248 e. The Bertz CT molecular complexity index is 1420. The Morgan fingerprint density at radius 3 is 2.18 bits per heavy atom. The monoisotopic (exact) mass is 735 g/mol. The second kappa shape index (κ2) is 11.3. The molecule has 38 heavy (non-hydrogen) atoms. The molecule has 0 saturated carbocycles. The van der Waals surface area contributed by atoms with Crippen molar-refractivity contribution in [2.24, 2.45) is 8.62 Å². The zero-order chi connectivity index (χ0) is 27.7. The van der Waals surface area contributed by atoms with Crippen molar-refractivity contribution >= 4 is 58.6 Å². The number of aliphatic hydroxyl groups excluding tert-OH is 1. The minimum atomic E-state index is -0.909. The Morgan fingerprint density at radius 2 is 1.58 bits per heavy atom. The molecule has 0 spiro atoms. The van der Waals surface area contributed by atoms with Gasteiger partial charge in [0.25, 0.3) is 0 Å². The van der Waals surface area contributed by atoms with Gasteiger partial charge in [0.1, 0.15) is 3.69 Å². The van der Waals surface area contributed by atoms with Gasteiger partial charge in [-0.3, -0.25) is 0 Å². The SMILES string of the molecule is CC(=NI=C(O)c1ccc(C(C)(C)I)cc1)C1(C)C=CC=C(c2nnc(-c3ccc(C(C)(C)C)cc3)o2)C1. The molecule has 0 aliphatic heterocycles. The molecule has 5 nitrogen and oxygen atoms in total. The van der Waals surface area contributed by atoms with Crippen LogP contribution < -0.4 is 0 Å². The van der Waals surface area contributed by atoms with Crippen LogP contribution in [0.2, 0.25) is 0 Å². The minimum Gasteiger partial charge on any atom is -0.416 e. The number of aromatic nitrogens is 2. The molecule has 4 rings (SSSR count). The Morgan fingerprint density at radius 1 is 0.974 bits per heavy atom. The topological polar surface area (TPSA) is 71.5 Å². The Balaban J connectivity index is 1.49. The molecule has 1 aromatic heterocycles. The van der Waals surface area contributed by atoms with E-state index < -0.39 is 21.0 Å². The van der Waals surface area contributed by atoms with E-state index in [1.54, 1.807) is 0 Å². The smallest absolute Gasteiger partial charge is 0.248 e. The first-order chi connectivity index (χ1) is 17.8. The molecule has 1 N–H and O–H groups in total. The molecule has 3 aromatic rings. The lowest BCUT2D eigenvalue weighted by atomic mass is 9.77. The van der Waals surface area contributed by atoms with Crippen LogP contribution in [0.1, 0.15) is 77.5 Å². The highest BCUT2D eigenvalue weighted by molar-refractivity contribution is 14.2. The second-order valence-electron chi connectivity index (χ2n) is 11.5. The van der Waals surface area contributed by atoms with E-state index in [-0.39, 0.29) is 14.3 Å². The molecule has 2 aromatic carbocycles. The van der Waals surface area contributed by atoms with Gasteiger partial charge >= 0.3 is 0 Å². The van der Waals surface area contributed by atoms with Gasteiger partial charge in [-0.2, -0.15) is 0 Å².